The van der Waals surface area contributed by atoms with E-state index in [9.17, 15) is 0 Å². The Labute approximate surface area is 55.8 Å². The largest absolute Gasteiger partial charge is 0.292 e. The SMILES string of the molecule is CCCCN=CC=S. The third-order valence-corrected chi connectivity index (χ3v) is 0.929. The highest BCUT2D eigenvalue weighted by Gasteiger charge is 1.74. The van der Waals surface area contributed by atoms with E-state index in [2.05, 4.69) is 24.1 Å². The van der Waals surface area contributed by atoms with Gasteiger partial charge in [-0.15, -0.1) is 0 Å². The maximum atomic E-state index is 4.53. The molecule has 0 aromatic carbocycles. The minimum atomic E-state index is 0.920. The van der Waals surface area contributed by atoms with Gasteiger partial charge < -0.3 is 0 Å². The van der Waals surface area contributed by atoms with Crippen LogP contribution >= 0.6 is 12.2 Å². The van der Waals surface area contributed by atoms with Crippen molar-refractivity contribution >= 4 is 23.8 Å². The summed E-state index contributed by atoms with van der Waals surface area (Å²) in [6, 6.07) is 0. The second-order valence-corrected chi connectivity index (χ2v) is 1.82. The molecule has 0 amide bonds. The zero-order valence-electron chi connectivity index (χ0n) is 5.13. The van der Waals surface area contributed by atoms with Gasteiger partial charge in [-0.1, -0.05) is 25.6 Å². The first-order chi connectivity index (χ1) is 3.91. The van der Waals surface area contributed by atoms with Gasteiger partial charge in [0.25, 0.3) is 0 Å². The molecule has 0 aromatic rings. The molecule has 0 spiro atoms. The summed E-state index contributed by atoms with van der Waals surface area (Å²) >= 11 is 4.53. The van der Waals surface area contributed by atoms with Gasteiger partial charge >= 0.3 is 0 Å². The molecule has 0 saturated carbocycles. The Hall–Kier alpha value is -0.240. The summed E-state index contributed by atoms with van der Waals surface area (Å²) in [5, 5.41) is 1.54. The van der Waals surface area contributed by atoms with Crippen molar-refractivity contribution in [1.29, 1.82) is 0 Å². The topological polar surface area (TPSA) is 12.4 Å². The lowest BCUT2D eigenvalue weighted by atomic mass is 10.3. The van der Waals surface area contributed by atoms with E-state index < -0.39 is 0 Å². The van der Waals surface area contributed by atoms with Crippen LogP contribution in [-0.4, -0.2) is 18.1 Å². The van der Waals surface area contributed by atoms with Crippen LogP contribution in [0.3, 0.4) is 0 Å². The van der Waals surface area contributed by atoms with Crippen LogP contribution in [0, 0.1) is 0 Å². The Bertz CT molecular complexity index is 78.6. The predicted octanol–water partition coefficient (Wildman–Crippen LogP) is 1.86. The fraction of sp³-hybridized carbons (Fsp3) is 0.667. The first-order valence-electron chi connectivity index (χ1n) is 2.85. The molecule has 0 aliphatic carbocycles. The van der Waals surface area contributed by atoms with Gasteiger partial charge in [0.15, 0.2) is 0 Å². The number of rotatable bonds is 4. The van der Waals surface area contributed by atoms with E-state index in [-0.39, 0.29) is 0 Å². The Balaban J connectivity index is 2.91. The molecule has 2 heteroatoms. The van der Waals surface area contributed by atoms with Crippen LogP contribution in [0.2, 0.25) is 0 Å². The summed E-state index contributed by atoms with van der Waals surface area (Å²) in [6.45, 7) is 3.07. The average Bonchev–Trinajstić information content (AvgIpc) is 1.81. The Morgan fingerprint density at radius 3 is 2.88 bits per heavy atom. The van der Waals surface area contributed by atoms with Gasteiger partial charge in [0.2, 0.25) is 0 Å². The standard InChI is InChI=1S/C6H11NS/c1-2-3-4-7-5-6-8/h5-6H,2-4H2,1H3. The lowest BCUT2D eigenvalue weighted by Gasteiger charge is -1.84. The molecule has 0 aromatic heterocycles. The summed E-state index contributed by atoms with van der Waals surface area (Å²) in [5.41, 5.74) is 0. The summed E-state index contributed by atoms with van der Waals surface area (Å²) in [7, 11) is 0. The average molecular weight is 129 g/mol. The van der Waals surface area contributed by atoms with Crippen LogP contribution in [0.25, 0.3) is 0 Å². The third kappa shape index (κ3) is 5.76. The van der Waals surface area contributed by atoms with Crippen LogP contribution < -0.4 is 0 Å². The van der Waals surface area contributed by atoms with E-state index in [4.69, 9.17) is 0 Å². The zero-order chi connectivity index (χ0) is 6.24. The van der Waals surface area contributed by atoms with Gasteiger partial charge in [0, 0.05) is 18.1 Å². The van der Waals surface area contributed by atoms with Gasteiger partial charge in [0.05, 0.1) is 0 Å². The molecule has 0 atom stereocenters. The maximum Gasteiger partial charge on any atom is 0.0389 e. The van der Waals surface area contributed by atoms with Crippen molar-refractivity contribution in [2.75, 3.05) is 6.54 Å². The molecule has 1 nitrogen and oxygen atoms in total. The van der Waals surface area contributed by atoms with Crippen molar-refractivity contribution in [2.24, 2.45) is 4.99 Å². The first kappa shape index (κ1) is 7.76. The highest BCUT2D eigenvalue weighted by atomic mass is 32.1. The summed E-state index contributed by atoms with van der Waals surface area (Å²) in [4.78, 5) is 3.99. The Morgan fingerprint density at radius 1 is 1.62 bits per heavy atom. The third-order valence-electron chi connectivity index (χ3n) is 0.807. The van der Waals surface area contributed by atoms with E-state index in [0.717, 1.165) is 6.54 Å². The number of hydrogen-bond donors (Lipinski definition) is 0. The molecule has 0 bridgehead atoms. The normalized spacial score (nSPS) is 10.1. The molecule has 0 radical (unpaired) electrons. The van der Waals surface area contributed by atoms with Gasteiger partial charge in [-0.05, 0) is 6.42 Å². The quantitative estimate of drug-likeness (QED) is 0.320. The van der Waals surface area contributed by atoms with Crippen molar-refractivity contribution < 1.29 is 0 Å². The molecular formula is C6H11NS. The van der Waals surface area contributed by atoms with Crippen molar-refractivity contribution in [3.8, 4) is 0 Å². The van der Waals surface area contributed by atoms with E-state index in [1.165, 1.54) is 18.2 Å². The molecule has 46 valence electrons. The number of unbranched alkanes of at least 4 members (excludes halogenated alkanes) is 1. The molecule has 0 fully saturated rings. The highest BCUT2D eigenvalue weighted by Crippen LogP contribution is 1.84. The van der Waals surface area contributed by atoms with Crippen LogP contribution in [0.15, 0.2) is 4.99 Å². The van der Waals surface area contributed by atoms with Crippen LogP contribution in [0.5, 0.6) is 0 Å². The van der Waals surface area contributed by atoms with E-state index in [1.807, 2.05) is 0 Å². The molecule has 0 saturated heterocycles. The predicted molar refractivity (Wildman–Crippen MR) is 41.9 cm³/mol. The first-order valence-corrected chi connectivity index (χ1v) is 3.32. The molecule has 0 N–H and O–H groups in total. The number of hydrogen-bond acceptors (Lipinski definition) is 2. The van der Waals surface area contributed by atoms with Crippen molar-refractivity contribution in [3.63, 3.8) is 0 Å². The van der Waals surface area contributed by atoms with E-state index >= 15 is 0 Å². The summed E-state index contributed by atoms with van der Waals surface area (Å²) < 4.78 is 0. The van der Waals surface area contributed by atoms with Crippen molar-refractivity contribution in [1.82, 2.24) is 0 Å². The number of thiocarbonyl (C=S) groups is 1. The van der Waals surface area contributed by atoms with Crippen LogP contribution in [-0.2, 0) is 0 Å². The van der Waals surface area contributed by atoms with Gasteiger partial charge in [0.1, 0.15) is 0 Å². The fourth-order valence-electron chi connectivity index (χ4n) is 0.367. The van der Waals surface area contributed by atoms with Crippen LogP contribution in [0.4, 0.5) is 0 Å². The minimum Gasteiger partial charge on any atom is -0.292 e. The van der Waals surface area contributed by atoms with Gasteiger partial charge in [-0.3, -0.25) is 4.99 Å². The highest BCUT2D eigenvalue weighted by molar-refractivity contribution is 7.80. The molecule has 0 rings (SSSR count). The minimum absolute atomic E-state index is 0.920. The molecule has 0 heterocycles. The smallest absolute Gasteiger partial charge is 0.0389 e. The zero-order valence-corrected chi connectivity index (χ0v) is 5.95. The molecule has 0 unspecified atom stereocenters. The van der Waals surface area contributed by atoms with Crippen LogP contribution in [0.1, 0.15) is 19.8 Å². The molecule has 0 aliphatic heterocycles. The molecular weight excluding hydrogens is 118 g/mol. The lowest BCUT2D eigenvalue weighted by molar-refractivity contribution is 0.811. The molecule has 8 heavy (non-hydrogen) atoms. The second-order valence-electron chi connectivity index (χ2n) is 1.54. The number of aliphatic imine (C=N–C) groups is 1. The summed E-state index contributed by atoms with van der Waals surface area (Å²) in [5.74, 6) is 0. The van der Waals surface area contributed by atoms with E-state index in [0.29, 0.717) is 0 Å². The molecule has 0 aliphatic rings. The number of nitrogens with zero attached hydrogens (tertiary/aromatic N) is 1. The monoisotopic (exact) mass is 129 g/mol. The lowest BCUT2D eigenvalue weighted by Crippen LogP contribution is -1.79. The van der Waals surface area contributed by atoms with Gasteiger partial charge in [-0.25, -0.2) is 0 Å². The Kier molecular flexibility index (Phi) is 6.56. The maximum absolute atomic E-state index is 4.53. The van der Waals surface area contributed by atoms with Crippen molar-refractivity contribution in [2.45, 2.75) is 19.8 Å². The fourth-order valence-corrected chi connectivity index (χ4v) is 0.453. The summed E-state index contributed by atoms with van der Waals surface area (Å²) in [6.07, 6.45) is 4.04. The second kappa shape index (κ2) is 6.76. The van der Waals surface area contributed by atoms with Crippen molar-refractivity contribution in [3.05, 3.63) is 0 Å². The Morgan fingerprint density at radius 2 is 2.38 bits per heavy atom. The van der Waals surface area contributed by atoms with Gasteiger partial charge in [-0.2, -0.15) is 0 Å². The van der Waals surface area contributed by atoms with E-state index in [1.54, 1.807) is 6.21 Å².